The molecule has 1 aromatic carbocycles. The fraction of sp³-hybridized carbons (Fsp3) is 0.0769. The van der Waals surface area contributed by atoms with Crippen LogP contribution in [0.3, 0.4) is 0 Å². The van der Waals surface area contributed by atoms with Crippen LogP contribution in [0.4, 0.5) is 0 Å². The van der Waals surface area contributed by atoms with E-state index < -0.39 is 0 Å². The zero-order valence-electron chi connectivity index (χ0n) is 7.73. The highest BCUT2D eigenvalue weighted by atomic mass is 32.1. The fourth-order valence-electron chi connectivity index (χ4n) is 1.43. The fourth-order valence-corrected chi connectivity index (χ4v) is 2.10. The smallest absolute Gasteiger partial charge is 0.0277 e. The standard InChI is InChI=1S/C13H10S/c1-2-12-5-3-4-6-13(12)9-11-7-8-14-10-11/h1,3-8,10H,9H2. The summed E-state index contributed by atoms with van der Waals surface area (Å²) in [5, 5.41) is 4.25. The second-order valence-corrected chi connectivity index (χ2v) is 3.89. The van der Waals surface area contributed by atoms with Crippen molar-refractivity contribution in [3.05, 3.63) is 57.8 Å². The first-order valence-electron chi connectivity index (χ1n) is 4.46. The first kappa shape index (κ1) is 9.05. The molecular weight excluding hydrogens is 188 g/mol. The molecule has 0 fully saturated rings. The molecule has 0 aliphatic heterocycles. The molecule has 0 aliphatic rings. The Hall–Kier alpha value is -1.52. The van der Waals surface area contributed by atoms with E-state index >= 15 is 0 Å². The van der Waals surface area contributed by atoms with Crippen molar-refractivity contribution in [2.24, 2.45) is 0 Å². The highest BCUT2D eigenvalue weighted by molar-refractivity contribution is 7.07. The molecule has 0 nitrogen and oxygen atoms in total. The van der Waals surface area contributed by atoms with Crippen molar-refractivity contribution >= 4 is 11.3 Å². The van der Waals surface area contributed by atoms with Gasteiger partial charge in [-0.2, -0.15) is 11.3 Å². The average molecular weight is 198 g/mol. The second-order valence-electron chi connectivity index (χ2n) is 3.11. The molecule has 0 amide bonds. The molecule has 2 aromatic rings. The average Bonchev–Trinajstić information content (AvgIpc) is 2.71. The molecule has 0 N–H and O–H groups in total. The summed E-state index contributed by atoms with van der Waals surface area (Å²) in [4.78, 5) is 0. The second kappa shape index (κ2) is 4.13. The predicted molar refractivity (Wildman–Crippen MR) is 61.5 cm³/mol. The lowest BCUT2D eigenvalue weighted by molar-refractivity contribution is 1.20. The number of rotatable bonds is 2. The zero-order valence-corrected chi connectivity index (χ0v) is 8.55. The zero-order chi connectivity index (χ0) is 9.80. The van der Waals surface area contributed by atoms with Gasteiger partial charge in [0.25, 0.3) is 0 Å². The van der Waals surface area contributed by atoms with E-state index in [1.165, 1.54) is 11.1 Å². The molecule has 0 spiro atoms. The third-order valence-corrected chi connectivity index (χ3v) is 2.88. The van der Waals surface area contributed by atoms with Gasteiger partial charge in [0, 0.05) is 5.56 Å². The number of hydrogen-bond acceptors (Lipinski definition) is 1. The van der Waals surface area contributed by atoms with E-state index in [4.69, 9.17) is 6.42 Å². The first-order chi connectivity index (χ1) is 6.90. The molecule has 0 saturated carbocycles. The summed E-state index contributed by atoms with van der Waals surface area (Å²) in [5.74, 6) is 2.71. The summed E-state index contributed by atoms with van der Waals surface area (Å²) < 4.78 is 0. The summed E-state index contributed by atoms with van der Waals surface area (Å²) in [6.45, 7) is 0. The first-order valence-corrected chi connectivity index (χ1v) is 5.40. The maximum absolute atomic E-state index is 5.43. The van der Waals surface area contributed by atoms with Gasteiger partial charge >= 0.3 is 0 Å². The lowest BCUT2D eigenvalue weighted by Gasteiger charge is -2.01. The lowest BCUT2D eigenvalue weighted by Crippen LogP contribution is -1.89. The topological polar surface area (TPSA) is 0 Å². The molecule has 68 valence electrons. The molecule has 0 unspecified atom stereocenters. The van der Waals surface area contributed by atoms with E-state index in [1.54, 1.807) is 11.3 Å². The van der Waals surface area contributed by atoms with Gasteiger partial charge in [0.2, 0.25) is 0 Å². The third kappa shape index (κ3) is 1.86. The van der Waals surface area contributed by atoms with Crippen LogP contribution >= 0.6 is 11.3 Å². The normalized spacial score (nSPS) is 9.64. The van der Waals surface area contributed by atoms with Gasteiger partial charge in [0.15, 0.2) is 0 Å². The summed E-state index contributed by atoms with van der Waals surface area (Å²) in [6.07, 6.45) is 6.37. The van der Waals surface area contributed by atoms with E-state index in [-0.39, 0.29) is 0 Å². The van der Waals surface area contributed by atoms with E-state index in [0.717, 1.165) is 12.0 Å². The summed E-state index contributed by atoms with van der Waals surface area (Å²) >= 11 is 1.72. The van der Waals surface area contributed by atoms with Crippen LogP contribution in [0.15, 0.2) is 41.1 Å². The molecule has 1 heterocycles. The molecule has 14 heavy (non-hydrogen) atoms. The van der Waals surface area contributed by atoms with Crippen LogP contribution in [0.2, 0.25) is 0 Å². The predicted octanol–water partition coefficient (Wildman–Crippen LogP) is 3.32. The molecule has 1 aromatic heterocycles. The Balaban J connectivity index is 2.30. The molecule has 2 rings (SSSR count). The van der Waals surface area contributed by atoms with Crippen molar-refractivity contribution in [3.63, 3.8) is 0 Å². The van der Waals surface area contributed by atoms with Gasteiger partial charge in [0.05, 0.1) is 0 Å². The molecule has 0 bridgehead atoms. The largest absolute Gasteiger partial charge is 0.152 e. The van der Waals surface area contributed by atoms with E-state index in [0.29, 0.717) is 0 Å². The van der Waals surface area contributed by atoms with Crippen molar-refractivity contribution in [3.8, 4) is 12.3 Å². The summed E-state index contributed by atoms with van der Waals surface area (Å²) in [5.41, 5.74) is 3.56. The quantitative estimate of drug-likeness (QED) is 0.649. The molecule has 0 radical (unpaired) electrons. The minimum atomic E-state index is 0.934. The van der Waals surface area contributed by atoms with Crippen LogP contribution in [0.5, 0.6) is 0 Å². The van der Waals surface area contributed by atoms with Crippen molar-refractivity contribution < 1.29 is 0 Å². The Kier molecular flexibility index (Phi) is 2.67. The molecule has 0 aliphatic carbocycles. The van der Waals surface area contributed by atoms with E-state index in [9.17, 15) is 0 Å². The van der Waals surface area contributed by atoms with Crippen LogP contribution in [0.25, 0.3) is 0 Å². The van der Waals surface area contributed by atoms with Crippen LogP contribution in [-0.2, 0) is 6.42 Å². The summed E-state index contributed by atoms with van der Waals surface area (Å²) in [6, 6.07) is 10.2. The SMILES string of the molecule is C#Cc1ccccc1Cc1ccsc1. The Labute approximate surface area is 88.2 Å². The van der Waals surface area contributed by atoms with Gasteiger partial charge in [-0.1, -0.05) is 24.1 Å². The highest BCUT2D eigenvalue weighted by Crippen LogP contribution is 2.15. The Bertz CT molecular complexity index is 446. The van der Waals surface area contributed by atoms with Gasteiger partial charge in [0.1, 0.15) is 0 Å². The van der Waals surface area contributed by atoms with Gasteiger partial charge in [-0.05, 0) is 40.4 Å². The number of thiophene rings is 1. The van der Waals surface area contributed by atoms with Crippen LogP contribution in [0.1, 0.15) is 16.7 Å². The maximum Gasteiger partial charge on any atom is 0.0277 e. The number of benzene rings is 1. The van der Waals surface area contributed by atoms with Gasteiger partial charge in [-0.25, -0.2) is 0 Å². The summed E-state index contributed by atoms with van der Waals surface area (Å²) in [7, 11) is 0. The third-order valence-electron chi connectivity index (χ3n) is 2.15. The minimum Gasteiger partial charge on any atom is -0.152 e. The van der Waals surface area contributed by atoms with Gasteiger partial charge in [-0.3, -0.25) is 0 Å². The van der Waals surface area contributed by atoms with Crippen LogP contribution in [0, 0.1) is 12.3 Å². The van der Waals surface area contributed by atoms with Crippen LogP contribution < -0.4 is 0 Å². The number of hydrogen-bond donors (Lipinski definition) is 0. The number of terminal acetylenes is 1. The Morgan fingerprint density at radius 1 is 1.21 bits per heavy atom. The molecule has 1 heteroatoms. The Morgan fingerprint density at radius 2 is 2.07 bits per heavy atom. The van der Waals surface area contributed by atoms with E-state index in [2.05, 4.69) is 28.8 Å². The lowest BCUT2D eigenvalue weighted by atomic mass is 10.0. The van der Waals surface area contributed by atoms with Gasteiger partial charge < -0.3 is 0 Å². The van der Waals surface area contributed by atoms with Crippen molar-refractivity contribution in [2.75, 3.05) is 0 Å². The van der Waals surface area contributed by atoms with Crippen LogP contribution in [-0.4, -0.2) is 0 Å². The van der Waals surface area contributed by atoms with Crippen molar-refractivity contribution in [2.45, 2.75) is 6.42 Å². The molecule has 0 saturated heterocycles. The highest BCUT2D eigenvalue weighted by Gasteiger charge is 2.00. The maximum atomic E-state index is 5.43. The van der Waals surface area contributed by atoms with E-state index in [1.807, 2.05) is 18.2 Å². The monoisotopic (exact) mass is 198 g/mol. The Morgan fingerprint density at radius 3 is 2.79 bits per heavy atom. The van der Waals surface area contributed by atoms with Crippen molar-refractivity contribution in [1.82, 2.24) is 0 Å². The van der Waals surface area contributed by atoms with Gasteiger partial charge in [-0.15, -0.1) is 6.42 Å². The van der Waals surface area contributed by atoms with Crippen molar-refractivity contribution in [1.29, 1.82) is 0 Å². The molecular formula is C13H10S. The minimum absolute atomic E-state index is 0.934. The molecule has 0 atom stereocenters.